The first-order chi connectivity index (χ1) is 60.0. The third-order valence-electron chi connectivity index (χ3n) is 22.4. The SMILES string of the molecule is C[C@@H](Nc1nnc(-c2c(P(c3ccccc3)c3ccccc3)ccc3ccccc23)c2ccccc12)c1ccccc1.c1ccc(P(c2ccccc2)c2ccc3ccccc3c2-c2c(P(c3ccccc3)c3ccccc3)ccc3ccccc23)cc1.c1ccc(P(c2ccccc2)c2ccc3ccccc3c2-c2nccc3ccccc23)cc1. The number of pyridine rings is 1. The van der Waals surface area contributed by atoms with Crippen LogP contribution in [0.2, 0.25) is 0 Å². The molecular formula is C113H84N4P4. The van der Waals surface area contributed by atoms with Gasteiger partial charge in [-0.15, -0.1) is 10.2 Å². The summed E-state index contributed by atoms with van der Waals surface area (Å²) in [4.78, 5) is 4.97. The third-order valence-corrected chi connectivity index (χ3v) is 32.4. The predicted octanol–water partition coefficient (Wildman–Crippen LogP) is 24.4. The number of aromatic nitrogens is 3. The zero-order chi connectivity index (χ0) is 81.1. The van der Waals surface area contributed by atoms with Crippen LogP contribution in [0.25, 0.3) is 98.3 Å². The van der Waals surface area contributed by atoms with E-state index >= 15 is 0 Å². The molecule has 0 bridgehead atoms. The second kappa shape index (κ2) is 36.4. The highest BCUT2D eigenvalue weighted by Gasteiger charge is 2.31. The maximum absolute atomic E-state index is 5.00. The van der Waals surface area contributed by atoms with Gasteiger partial charge in [-0.25, -0.2) is 0 Å². The van der Waals surface area contributed by atoms with E-state index in [0.717, 1.165) is 33.5 Å². The molecule has 576 valence electrons. The van der Waals surface area contributed by atoms with Crippen LogP contribution in [0.4, 0.5) is 5.82 Å². The van der Waals surface area contributed by atoms with E-state index in [1.165, 1.54) is 140 Å². The molecule has 21 aromatic rings. The molecule has 121 heavy (non-hydrogen) atoms. The van der Waals surface area contributed by atoms with Gasteiger partial charge in [-0.1, -0.05) is 467 Å². The molecule has 0 saturated heterocycles. The Labute approximate surface area is 712 Å². The van der Waals surface area contributed by atoms with Crippen LogP contribution in [0.5, 0.6) is 0 Å². The fourth-order valence-electron chi connectivity index (χ4n) is 16.9. The zero-order valence-electron chi connectivity index (χ0n) is 66.8. The lowest BCUT2D eigenvalue weighted by Crippen LogP contribution is -2.26. The molecule has 0 aliphatic heterocycles. The fourth-order valence-corrected chi connectivity index (χ4v) is 26.8. The Balaban J connectivity index is 0.000000121. The van der Waals surface area contributed by atoms with Crippen molar-refractivity contribution in [2.75, 3.05) is 5.32 Å². The molecule has 2 aromatic heterocycles. The monoisotopic (exact) mass is 1620 g/mol. The predicted molar refractivity (Wildman–Crippen MR) is 527 cm³/mol. The van der Waals surface area contributed by atoms with E-state index in [1.54, 1.807) is 0 Å². The molecule has 0 unspecified atom stereocenters. The molecule has 0 fully saturated rings. The average Bonchev–Trinajstić information content (AvgIpc) is 0.737. The Morgan fingerprint density at radius 2 is 0.438 bits per heavy atom. The Hall–Kier alpha value is -13.5. The van der Waals surface area contributed by atoms with Gasteiger partial charge in [0, 0.05) is 33.5 Å². The molecule has 21 rings (SSSR count). The molecule has 0 aliphatic carbocycles. The smallest absolute Gasteiger partial charge is 0.157 e. The van der Waals surface area contributed by atoms with Crippen LogP contribution in [0, 0.1) is 0 Å². The second-order valence-corrected chi connectivity index (χ2v) is 38.6. The lowest BCUT2D eigenvalue weighted by Gasteiger charge is -2.28. The highest BCUT2D eigenvalue weighted by atomic mass is 31.1. The number of nitrogens with zero attached hydrogens (tertiary/aromatic N) is 3. The molecule has 0 radical (unpaired) electrons. The Morgan fingerprint density at radius 1 is 0.198 bits per heavy atom. The number of fused-ring (bicyclic) bond motifs is 6. The normalized spacial score (nSPS) is 11.6. The quantitative estimate of drug-likeness (QED) is 0.0870. The summed E-state index contributed by atoms with van der Waals surface area (Å²) in [6, 6.07) is 171. The first-order valence-corrected chi connectivity index (χ1v) is 46.5. The van der Waals surface area contributed by atoms with Crippen LogP contribution in [0.1, 0.15) is 18.5 Å². The van der Waals surface area contributed by atoms with Crippen LogP contribution in [0.3, 0.4) is 0 Å². The van der Waals surface area contributed by atoms with Gasteiger partial charge in [0.1, 0.15) is 5.69 Å². The first kappa shape index (κ1) is 77.4. The van der Waals surface area contributed by atoms with E-state index in [1.807, 2.05) is 12.3 Å². The van der Waals surface area contributed by atoms with Crippen molar-refractivity contribution < 1.29 is 0 Å². The van der Waals surface area contributed by atoms with Crippen LogP contribution < -0.4 is 69.0 Å². The van der Waals surface area contributed by atoms with Gasteiger partial charge in [-0.3, -0.25) is 4.98 Å². The average molecular weight is 1620 g/mol. The van der Waals surface area contributed by atoms with E-state index in [2.05, 4.69) is 479 Å². The van der Waals surface area contributed by atoms with Gasteiger partial charge in [0.25, 0.3) is 0 Å². The first-order valence-electron chi connectivity index (χ1n) is 41.1. The molecule has 2 heterocycles. The van der Waals surface area contributed by atoms with E-state index in [9.17, 15) is 0 Å². The molecule has 4 nitrogen and oxygen atoms in total. The van der Waals surface area contributed by atoms with Gasteiger partial charge in [-0.2, -0.15) is 0 Å². The van der Waals surface area contributed by atoms with Crippen molar-refractivity contribution in [2.45, 2.75) is 13.0 Å². The molecule has 1 atom stereocenters. The second-order valence-electron chi connectivity index (χ2n) is 29.8. The van der Waals surface area contributed by atoms with Gasteiger partial charge in [0.2, 0.25) is 0 Å². The number of hydrogen-bond acceptors (Lipinski definition) is 4. The summed E-state index contributed by atoms with van der Waals surface area (Å²) >= 11 is 0. The van der Waals surface area contributed by atoms with E-state index in [-0.39, 0.29) is 6.04 Å². The molecule has 0 aliphatic rings. The Morgan fingerprint density at radius 3 is 0.760 bits per heavy atom. The van der Waals surface area contributed by atoms with Gasteiger partial charge in [-0.05, 0) is 173 Å². The molecule has 0 spiro atoms. The summed E-state index contributed by atoms with van der Waals surface area (Å²) in [5.74, 6) is 0.792. The zero-order valence-corrected chi connectivity index (χ0v) is 70.4. The molecular weight excluding hydrogens is 1540 g/mol. The lowest BCUT2D eigenvalue weighted by atomic mass is 9.93. The largest absolute Gasteiger partial charge is 0.362 e. The molecule has 0 saturated carbocycles. The van der Waals surface area contributed by atoms with Crippen molar-refractivity contribution in [2.24, 2.45) is 0 Å². The van der Waals surface area contributed by atoms with Crippen molar-refractivity contribution in [3.8, 4) is 33.6 Å². The molecule has 0 amide bonds. The minimum Gasteiger partial charge on any atom is -0.362 e. The van der Waals surface area contributed by atoms with Crippen molar-refractivity contribution in [1.29, 1.82) is 0 Å². The maximum atomic E-state index is 5.00. The Kier molecular flexibility index (Phi) is 23.3. The molecule has 19 aromatic carbocycles. The van der Waals surface area contributed by atoms with E-state index in [4.69, 9.17) is 15.2 Å². The van der Waals surface area contributed by atoms with E-state index in [0.29, 0.717) is 0 Å². The van der Waals surface area contributed by atoms with Crippen LogP contribution in [-0.2, 0) is 0 Å². The summed E-state index contributed by atoms with van der Waals surface area (Å²) in [5.41, 5.74) is 8.27. The number of hydrogen-bond donors (Lipinski definition) is 1. The summed E-state index contributed by atoms with van der Waals surface area (Å²) in [7, 11) is -3.32. The number of benzene rings is 19. The van der Waals surface area contributed by atoms with Crippen molar-refractivity contribution in [1.82, 2.24) is 15.2 Å². The minimum atomic E-state index is -0.854. The molecule has 1 N–H and O–H groups in total. The highest BCUT2D eigenvalue weighted by Crippen LogP contribution is 2.48. The maximum Gasteiger partial charge on any atom is 0.157 e. The van der Waals surface area contributed by atoms with Crippen molar-refractivity contribution in [3.05, 3.63) is 485 Å². The number of rotatable bonds is 18. The number of anilines is 1. The van der Waals surface area contributed by atoms with E-state index < -0.39 is 31.7 Å². The minimum absolute atomic E-state index is 0.0897. The van der Waals surface area contributed by atoms with Gasteiger partial charge >= 0.3 is 0 Å². The summed E-state index contributed by atoms with van der Waals surface area (Å²) < 4.78 is 0. The standard InChI is InChI=1S/C44H32P2.C38H30N3P.C31H22NP/c1-5-19-35(20-6-1)45(36-21-7-2-8-22-36)41-31-29-33-17-13-15-27-39(33)43(41)44-40-28-16-14-18-34(40)30-32-42(44)46(37-23-9-3-10-24-37)38-25-11-4-12-26-38;1-27(28-15-5-2-6-16-28)39-38-34-24-14-13-23-33(34)37(40-41-38)36-32-22-12-11-17-29(32)25-26-35(36)42(30-18-7-3-8-19-30)31-20-9-4-10-21-31;1-3-13-25(14-4-1)33(26-15-5-2-6-16-26)29-20-19-23-11-7-9-17-27(23)30(29)31-28-18-10-8-12-24(28)21-22-32-31/h1-32H;2-27H,1H3,(H,39,41);1-22H/t;27-;/m.1./s1. The van der Waals surface area contributed by atoms with Crippen LogP contribution >= 0.6 is 31.7 Å². The fraction of sp³-hybridized carbons (Fsp3) is 0.0177. The lowest BCUT2D eigenvalue weighted by molar-refractivity contribution is 0.866. The van der Waals surface area contributed by atoms with Crippen LogP contribution in [-0.4, -0.2) is 15.2 Å². The summed E-state index contributed by atoms with van der Waals surface area (Å²) in [6.07, 6.45) is 1.94. The van der Waals surface area contributed by atoms with Crippen molar-refractivity contribution in [3.63, 3.8) is 0 Å². The molecule has 8 heteroatoms. The van der Waals surface area contributed by atoms with Crippen molar-refractivity contribution >= 4 is 166 Å². The number of nitrogens with one attached hydrogen (secondary N) is 1. The van der Waals surface area contributed by atoms with Crippen LogP contribution in [0.15, 0.2) is 479 Å². The van der Waals surface area contributed by atoms with Gasteiger partial charge in [0.05, 0.1) is 11.7 Å². The Bertz CT molecular complexity index is 6810. The summed E-state index contributed by atoms with van der Waals surface area (Å²) in [5, 5.41) is 44.2. The summed E-state index contributed by atoms with van der Waals surface area (Å²) in [6.45, 7) is 2.16. The topological polar surface area (TPSA) is 50.7 Å². The van der Waals surface area contributed by atoms with Gasteiger partial charge < -0.3 is 5.32 Å². The van der Waals surface area contributed by atoms with Gasteiger partial charge in [0.15, 0.2) is 5.82 Å². The third kappa shape index (κ3) is 16.2. The highest BCUT2D eigenvalue weighted by molar-refractivity contribution is 7.81.